The lowest BCUT2D eigenvalue weighted by Crippen LogP contribution is -2.29. The molecule has 0 radical (unpaired) electrons. The molecule has 1 aromatic rings. The van der Waals surface area contributed by atoms with Crippen LogP contribution >= 0.6 is 0 Å². The lowest BCUT2D eigenvalue weighted by atomic mass is 10.0. The molecular weight excluding hydrogens is 198 g/mol. The van der Waals surface area contributed by atoms with Gasteiger partial charge in [-0.05, 0) is 37.4 Å². The van der Waals surface area contributed by atoms with E-state index in [1.54, 1.807) is 6.20 Å². The molecule has 0 fully saturated rings. The quantitative estimate of drug-likeness (QED) is 0.743. The zero-order valence-electron chi connectivity index (χ0n) is 10.4. The first kappa shape index (κ1) is 13.0. The standard InChI is InChI=1S/C13H23N3/c1-3-5-12(16-4-2)7-6-11-10-15-9-8-13(11)14/h8-10,12,16H,3-7H2,1-2H3,(H2,14,15). The molecule has 0 amide bonds. The van der Waals surface area contributed by atoms with Crippen molar-refractivity contribution in [2.24, 2.45) is 0 Å². The van der Waals surface area contributed by atoms with E-state index in [2.05, 4.69) is 24.1 Å². The predicted octanol–water partition coefficient (Wildman–Crippen LogP) is 2.37. The molecule has 1 rings (SSSR count). The molecule has 0 saturated carbocycles. The second kappa shape index (κ2) is 7.23. The summed E-state index contributed by atoms with van der Waals surface area (Å²) in [4.78, 5) is 4.12. The zero-order valence-corrected chi connectivity index (χ0v) is 10.4. The van der Waals surface area contributed by atoms with Crippen LogP contribution in [0.1, 0.15) is 38.7 Å². The lowest BCUT2D eigenvalue weighted by molar-refractivity contribution is 0.460. The second-order valence-electron chi connectivity index (χ2n) is 4.16. The Morgan fingerprint density at radius 2 is 2.19 bits per heavy atom. The van der Waals surface area contributed by atoms with E-state index >= 15 is 0 Å². The number of anilines is 1. The summed E-state index contributed by atoms with van der Waals surface area (Å²) in [5.74, 6) is 0. The van der Waals surface area contributed by atoms with E-state index in [1.165, 1.54) is 18.4 Å². The van der Waals surface area contributed by atoms with Gasteiger partial charge in [-0.1, -0.05) is 20.3 Å². The molecule has 0 spiro atoms. The van der Waals surface area contributed by atoms with Crippen molar-refractivity contribution in [3.05, 3.63) is 24.0 Å². The van der Waals surface area contributed by atoms with Crippen molar-refractivity contribution in [1.82, 2.24) is 10.3 Å². The summed E-state index contributed by atoms with van der Waals surface area (Å²) in [5, 5.41) is 3.51. The van der Waals surface area contributed by atoms with Crippen molar-refractivity contribution in [2.75, 3.05) is 12.3 Å². The normalized spacial score (nSPS) is 12.6. The Balaban J connectivity index is 2.45. The Kier molecular flexibility index (Phi) is 5.86. The molecule has 0 aliphatic heterocycles. The van der Waals surface area contributed by atoms with E-state index in [0.717, 1.165) is 25.1 Å². The monoisotopic (exact) mass is 221 g/mol. The Morgan fingerprint density at radius 1 is 1.38 bits per heavy atom. The molecule has 3 heteroatoms. The smallest absolute Gasteiger partial charge is 0.0377 e. The number of nitrogens with zero attached hydrogens (tertiary/aromatic N) is 1. The summed E-state index contributed by atoms with van der Waals surface area (Å²) in [6.07, 6.45) is 8.22. The molecule has 1 aromatic heterocycles. The number of aryl methyl sites for hydroxylation is 1. The highest BCUT2D eigenvalue weighted by Crippen LogP contribution is 2.13. The van der Waals surface area contributed by atoms with Gasteiger partial charge in [0, 0.05) is 24.1 Å². The van der Waals surface area contributed by atoms with Gasteiger partial charge in [-0.3, -0.25) is 4.98 Å². The molecule has 1 heterocycles. The lowest BCUT2D eigenvalue weighted by Gasteiger charge is -2.17. The van der Waals surface area contributed by atoms with Gasteiger partial charge < -0.3 is 11.1 Å². The minimum atomic E-state index is 0.606. The average molecular weight is 221 g/mol. The maximum Gasteiger partial charge on any atom is 0.0377 e. The topological polar surface area (TPSA) is 50.9 Å². The maximum absolute atomic E-state index is 5.89. The zero-order chi connectivity index (χ0) is 11.8. The third-order valence-electron chi connectivity index (χ3n) is 2.83. The van der Waals surface area contributed by atoms with Crippen LogP contribution < -0.4 is 11.1 Å². The van der Waals surface area contributed by atoms with Gasteiger partial charge in [0.1, 0.15) is 0 Å². The van der Waals surface area contributed by atoms with E-state index in [1.807, 2.05) is 12.3 Å². The molecule has 1 atom stereocenters. The van der Waals surface area contributed by atoms with Crippen molar-refractivity contribution in [3.8, 4) is 0 Å². The molecular formula is C13H23N3. The van der Waals surface area contributed by atoms with Crippen molar-refractivity contribution in [3.63, 3.8) is 0 Å². The number of aromatic nitrogens is 1. The van der Waals surface area contributed by atoms with E-state index in [-0.39, 0.29) is 0 Å². The van der Waals surface area contributed by atoms with Gasteiger partial charge in [0.25, 0.3) is 0 Å². The third-order valence-corrected chi connectivity index (χ3v) is 2.83. The Bertz CT molecular complexity index is 293. The van der Waals surface area contributed by atoms with Crippen LogP contribution in [0.15, 0.2) is 18.5 Å². The molecule has 0 bridgehead atoms. The van der Waals surface area contributed by atoms with Crippen molar-refractivity contribution in [1.29, 1.82) is 0 Å². The highest BCUT2D eigenvalue weighted by atomic mass is 14.9. The van der Waals surface area contributed by atoms with Gasteiger partial charge >= 0.3 is 0 Å². The first-order valence-electron chi connectivity index (χ1n) is 6.19. The third kappa shape index (κ3) is 4.19. The highest BCUT2D eigenvalue weighted by molar-refractivity contribution is 5.44. The van der Waals surface area contributed by atoms with Gasteiger partial charge in [-0.2, -0.15) is 0 Å². The molecule has 3 nitrogen and oxygen atoms in total. The van der Waals surface area contributed by atoms with E-state index in [9.17, 15) is 0 Å². The molecule has 0 aliphatic carbocycles. The van der Waals surface area contributed by atoms with Gasteiger partial charge in [0.2, 0.25) is 0 Å². The largest absolute Gasteiger partial charge is 0.398 e. The van der Waals surface area contributed by atoms with Gasteiger partial charge in [-0.25, -0.2) is 0 Å². The van der Waals surface area contributed by atoms with Crippen molar-refractivity contribution < 1.29 is 0 Å². The van der Waals surface area contributed by atoms with E-state index in [0.29, 0.717) is 6.04 Å². The minimum Gasteiger partial charge on any atom is -0.398 e. The summed E-state index contributed by atoms with van der Waals surface area (Å²) in [7, 11) is 0. The predicted molar refractivity (Wildman–Crippen MR) is 69.3 cm³/mol. The van der Waals surface area contributed by atoms with Crippen LogP contribution in [0.2, 0.25) is 0 Å². The first-order valence-corrected chi connectivity index (χ1v) is 6.19. The number of nitrogens with two attached hydrogens (primary N) is 1. The van der Waals surface area contributed by atoms with Gasteiger partial charge in [0.05, 0.1) is 0 Å². The average Bonchev–Trinajstić information content (AvgIpc) is 2.28. The number of rotatable bonds is 7. The van der Waals surface area contributed by atoms with Crippen LogP contribution in [-0.2, 0) is 6.42 Å². The Hall–Kier alpha value is -1.09. The highest BCUT2D eigenvalue weighted by Gasteiger charge is 2.07. The first-order chi connectivity index (χ1) is 7.77. The van der Waals surface area contributed by atoms with Crippen LogP contribution in [0.5, 0.6) is 0 Å². The summed E-state index contributed by atoms with van der Waals surface area (Å²) >= 11 is 0. The van der Waals surface area contributed by atoms with E-state index < -0.39 is 0 Å². The van der Waals surface area contributed by atoms with Crippen LogP contribution in [0, 0.1) is 0 Å². The summed E-state index contributed by atoms with van der Waals surface area (Å²) < 4.78 is 0. The summed E-state index contributed by atoms with van der Waals surface area (Å²) in [6.45, 7) is 5.41. The van der Waals surface area contributed by atoms with Crippen LogP contribution in [0.25, 0.3) is 0 Å². The van der Waals surface area contributed by atoms with Crippen molar-refractivity contribution in [2.45, 2.75) is 45.6 Å². The molecule has 1 unspecified atom stereocenters. The SMILES string of the molecule is CCCC(CCc1cnccc1N)NCC. The van der Waals surface area contributed by atoms with Gasteiger partial charge in [-0.15, -0.1) is 0 Å². The molecule has 90 valence electrons. The molecule has 16 heavy (non-hydrogen) atoms. The Labute approximate surface area is 98.5 Å². The van der Waals surface area contributed by atoms with Crippen molar-refractivity contribution >= 4 is 5.69 Å². The molecule has 0 aliphatic rings. The van der Waals surface area contributed by atoms with Crippen LogP contribution in [0.4, 0.5) is 5.69 Å². The number of pyridine rings is 1. The number of hydrogen-bond donors (Lipinski definition) is 2. The summed E-state index contributed by atoms with van der Waals surface area (Å²) in [6, 6.07) is 2.48. The van der Waals surface area contributed by atoms with Crippen LogP contribution in [0.3, 0.4) is 0 Å². The fourth-order valence-corrected chi connectivity index (χ4v) is 1.96. The molecule has 3 N–H and O–H groups in total. The van der Waals surface area contributed by atoms with Gasteiger partial charge in [0.15, 0.2) is 0 Å². The number of nitrogen functional groups attached to an aromatic ring is 1. The number of nitrogens with one attached hydrogen (secondary N) is 1. The van der Waals surface area contributed by atoms with Crippen LogP contribution in [-0.4, -0.2) is 17.6 Å². The van der Waals surface area contributed by atoms with E-state index in [4.69, 9.17) is 5.73 Å². The fourth-order valence-electron chi connectivity index (χ4n) is 1.96. The summed E-state index contributed by atoms with van der Waals surface area (Å²) in [5.41, 5.74) is 7.93. The molecule has 0 saturated heterocycles. The molecule has 0 aromatic carbocycles. The second-order valence-corrected chi connectivity index (χ2v) is 4.16. The Morgan fingerprint density at radius 3 is 2.81 bits per heavy atom. The number of hydrogen-bond acceptors (Lipinski definition) is 3. The fraction of sp³-hybridized carbons (Fsp3) is 0.615. The maximum atomic E-state index is 5.89. The minimum absolute atomic E-state index is 0.606.